The van der Waals surface area contributed by atoms with E-state index in [-0.39, 0.29) is 28.3 Å². The minimum atomic E-state index is -4.59. The van der Waals surface area contributed by atoms with Crippen LogP contribution in [-0.4, -0.2) is 101 Å². The van der Waals surface area contributed by atoms with Crippen LogP contribution in [-0.2, 0) is 14.8 Å². The fraction of sp³-hybridized carbons (Fsp3) is 0.378. The van der Waals surface area contributed by atoms with Gasteiger partial charge in [0.2, 0.25) is 0 Å². The molecule has 2 aliphatic heterocycles. The number of fused-ring (bicyclic) bond motifs is 1. The molecule has 14 nitrogen and oxygen atoms in total. The van der Waals surface area contributed by atoms with Gasteiger partial charge in [-0.1, -0.05) is 43.2 Å². The van der Waals surface area contributed by atoms with E-state index in [1.807, 2.05) is 30.3 Å². The largest absolute Gasteiger partial charge is 0.455 e. The minimum absolute atomic E-state index is 0.0764. The van der Waals surface area contributed by atoms with E-state index in [2.05, 4.69) is 43.7 Å². The summed E-state index contributed by atoms with van der Waals surface area (Å²) in [7, 11) is 9.60. The van der Waals surface area contributed by atoms with Crippen LogP contribution in [0.1, 0.15) is 61.9 Å². The zero-order valence-electron chi connectivity index (χ0n) is 35.2. The molecule has 63 heavy (non-hydrogen) atoms. The van der Waals surface area contributed by atoms with E-state index in [1.54, 1.807) is 24.4 Å². The molecule has 4 heterocycles. The van der Waals surface area contributed by atoms with E-state index in [9.17, 15) is 23.3 Å². The topological polar surface area (TPSA) is 172 Å². The molecule has 5 aromatic rings. The molecule has 2 fully saturated rings. The first-order chi connectivity index (χ1) is 30.1. The molecule has 0 atom stereocenters. The monoisotopic (exact) mass is 887 g/mol. The number of amides is 1. The summed E-state index contributed by atoms with van der Waals surface area (Å²) in [6.45, 7) is 8.38. The Morgan fingerprint density at radius 1 is 1.05 bits per heavy atom. The lowest BCUT2D eigenvalue weighted by molar-refractivity contribution is -0.384. The Morgan fingerprint density at radius 3 is 2.52 bits per heavy atom. The third-order valence-electron chi connectivity index (χ3n) is 12.4. The molecule has 1 aliphatic carbocycles. The molecular formula is C45H48B2ClN7O7S. The second kappa shape index (κ2) is 18.0. The number of halogens is 1. The quantitative estimate of drug-likeness (QED) is 0.0603. The van der Waals surface area contributed by atoms with Crippen molar-refractivity contribution in [3.63, 3.8) is 0 Å². The number of hydrogen-bond donors (Lipinski definition) is 3. The number of carbonyl (C=O) groups is 1. The van der Waals surface area contributed by atoms with Crippen molar-refractivity contribution in [3.8, 4) is 11.5 Å². The van der Waals surface area contributed by atoms with E-state index in [0.29, 0.717) is 62.4 Å². The second-order valence-electron chi connectivity index (χ2n) is 17.3. The Balaban J connectivity index is 1.03. The summed E-state index contributed by atoms with van der Waals surface area (Å²) in [6.07, 6.45) is 7.41. The zero-order chi connectivity index (χ0) is 44.5. The van der Waals surface area contributed by atoms with Crippen LogP contribution in [0.2, 0.25) is 5.02 Å². The van der Waals surface area contributed by atoms with Gasteiger partial charge in [-0.3, -0.25) is 14.9 Å². The molecule has 3 aromatic carbocycles. The highest BCUT2D eigenvalue weighted by molar-refractivity contribution is 7.90. The first kappa shape index (κ1) is 44.3. The standard InChI is InChI=1S/C45H48B2ClN7O7S/c1-44(2)15-11-38(37(26-44)30-3-5-32(48)6-4-30)45(46,47)54-19-17-53(18-20-54)33-7-9-36(41(24-33)62-34-23-31-12-16-49-42(31)51-28-34)43(56)52-63(59,60)35-8-10-39(40(25-35)55(57)58)50-27-29-13-21-61-22-14-29/h3-10,12,16,23-25,28-29,50H,11,13-15,17-22,26-27H2,1-2H3,(H,49,51)(H,52,56). The molecule has 324 valence electrons. The van der Waals surface area contributed by atoms with Gasteiger partial charge in [0.25, 0.3) is 21.6 Å². The van der Waals surface area contributed by atoms with E-state index < -0.39 is 36.8 Å². The molecule has 3 aliphatic rings. The Morgan fingerprint density at radius 2 is 1.79 bits per heavy atom. The average molecular weight is 888 g/mol. The van der Waals surface area contributed by atoms with Gasteiger partial charge in [-0.25, -0.2) is 18.1 Å². The summed E-state index contributed by atoms with van der Waals surface area (Å²) in [5.74, 6) is -0.333. The zero-order valence-corrected chi connectivity index (χ0v) is 36.8. The molecule has 8 rings (SSSR count). The lowest BCUT2D eigenvalue weighted by atomic mass is 9.52. The molecule has 0 unspecified atom stereocenters. The molecule has 0 saturated carbocycles. The molecule has 0 spiro atoms. The number of hydrogen-bond acceptors (Lipinski definition) is 11. The number of ether oxygens (including phenoxy) is 2. The highest BCUT2D eigenvalue weighted by Crippen LogP contribution is 2.46. The van der Waals surface area contributed by atoms with Crippen LogP contribution in [0.25, 0.3) is 16.6 Å². The molecule has 3 N–H and O–H groups in total. The average Bonchev–Trinajstić information content (AvgIpc) is 3.74. The van der Waals surface area contributed by atoms with E-state index in [0.717, 1.165) is 66.0 Å². The summed E-state index contributed by atoms with van der Waals surface area (Å²) in [5.41, 5.74) is 4.33. The van der Waals surface area contributed by atoms with Crippen molar-refractivity contribution in [2.24, 2.45) is 11.3 Å². The van der Waals surface area contributed by atoms with Crippen molar-refractivity contribution < 1.29 is 27.6 Å². The molecule has 0 bridgehead atoms. The van der Waals surface area contributed by atoms with Crippen LogP contribution in [0, 0.1) is 21.4 Å². The number of nitro benzene ring substituents is 1. The summed E-state index contributed by atoms with van der Waals surface area (Å²) in [4.78, 5) is 36.6. The number of pyridine rings is 1. The maximum Gasteiger partial charge on any atom is 0.293 e. The van der Waals surface area contributed by atoms with Gasteiger partial charge in [0.1, 0.15) is 22.8 Å². The number of aromatic amines is 1. The van der Waals surface area contributed by atoms with Gasteiger partial charge in [0.05, 0.1) is 37.3 Å². The van der Waals surface area contributed by atoms with Crippen molar-refractivity contribution >= 4 is 76.9 Å². The van der Waals surface area contributed by atoms with Gasteiger partial charge in [0.15, 0.2) is 0 Å². The van der Waals surface area contributed by atoms with Crippen molar-refractivity contribution in [3.05, 3.63) is 117 Å². The maximum atomic E-state index is 13.9. The van der Waals surface area contributed by atoms with Gasteiger partial charge < -0.3 is 29.6 Å². The van der Waals surface area contributed by atoms with Crippen LogP contribution in [0.5, 0.6) is 11.5 Å². The summed E-state index contributed by atoms with van der Waals surface area (Å²) >= 11 is 6.25. The Kier molecular flexibility index (Phi) is 12.7. The number of H-pyrrole nitrogens is 1. The number of nitrogens with one attached hydrogen (secondary N) is 3. The van der Waals surface area contributed by atoms with Crippen molar-refractivity contribution in [1.82, 2.24) is 19.6 Å². The lowest BCUT2D eigenvalue weighted by Gasteiger charge is -2.50. The summed E-state index contributed by atoms with van der Waals surface area (Å²) < 4.78 is 41.2. The fourth-order valence-electron chi connectivity index (χ4n) is 8.68. The summed E-state index contributed by atoms with van der Waals surface area (Å²) in [5, 5.41) is 15.4. The number of benzene rings is 3. The van der Waals surface area contributed by atoms with Gasteiger partial charge in [-0.05, 0) is 108 Å². The Hall–Kier alpha value is -5.35. The lowest BCUT2D eigenvalue weighted by Crippen LogP contribution is -2.59. The van der Waals surface area contributed by atoms with Gasteiger partial charge in [0, 0.05) is 80.4 Å². The fourth-order valence-corrected chi connectivity index (χ4v) is 9.80. The normalized spacial score (nSPS) is 17.7. The minimum Gasteiger partial charge on any atom is -0.455 e. The number of rotatable bonds is 13. The first-order valence-corrected chi connectivity index (χ1v) is 22.9. The number of sulfonamides is 1. The highest BCUT2D eigenvalue weighted by Gasteiger charge is 2.38. The number of aromatic nitrogens is 2. The molecule has 2 saturated heterocycles. The van der Waals surface area contributed by atoms with Gasteiger partial charge >= 0.3 is 0 Å². The highest BCUT2D eigenvalue weighted by atomic mass is 35.5. The Bertz CT molecular complexity index is 2660. The van der Waals surface area contributed by atoms with E-state index >= 15 is 0 Å². The molecule has 4 radical (unpaired) electrons. The predicted molar refractivity (Wildman–Crippen MR) is 246 cm³/mol. The van der Waals surface area contributed by atoms with E-state index in [1.165, 1.54) is 24.4 Å². The second-order valence-corrected chi connectivity index (χ2v) is 19.4. The summed E-state index contributed by atoms with van der Waals surface area (Å²) in [6, 6.07) is 19.8. The third kappa shape index (κ3) is 9.91. The molecule has 2 aromatic heterocycles. The first-order valence-electron chi connectivity index (χ1n) is 21.0. The number of carbonyl (C=O) groups excluding carboxylic acids is 1. The molecular weight excluding hydrogens is 840 g/mol. The van der Waals surface area contributed by atoms with Crippen LogP contribution in [0.15, 0.2) is 95.7 Å². The number of anilines is 2. The van der Waals surface area contributed by atoms with Crippen LogP contribution >= 0.6 is 11.6 Å². The van der Waals surface area contributed by atoms with Gasteiger partial charge in [-0.15, -0.1) is 0 Å². The smallest absolute Gasteiger partial charge is 0.293 e. The number of nitro groups is 1. The van der Waals surface area contributed by atoms with Crippen molar-refractivity contribution in [2.75, 3.05) is 56.2 Å². The molecule has 1 amide bonds. The SMILES string of the molecule is [B]C([B])(C1=C(c2ccc(Cl)cc2)CC(C)(C)CC1)N1CCN(c2ccc(C(=O)NS(=O)(=O)c3ccc(NCC4CCOCC4)c([N+](=O)[O-])c3)c(Oc3cnc4[nH]ccc4c3)c2)CC1. The number of piperazine rings is 1. The molecule has 18 heteroatoms. The Labute approximate surface area is 374 Å². The van der Waals surface area contributed by atoms with E-state index in [4.69, 9.17) is 36.8 Å². The maximum absolute atomic E-state index is 13.9. The van der Waals surface area contributed by atoms with Crippen molar-refractivity contribution in [1.29, 1.82) is 0 Å². The number of nitrogens with zero attached hydrogens (tertiary/aromatic N) is 4. The van der Waals surface area contributed by atoms with Gasteiger partial charge in [-0.2, -0.15) is 0 Å². The third-order valence-corrected chi connectivity index (χ3v) is 13.9. The van der Waals surface area contributed by atoms with Crippen LogP contribution in [0.3, 0.4) is 0 Å². The predicted octanol–water partition coefficient (Wildman–Crippen LogP) is 7.65. The number of allylic oxidation sites excluding steroid dienone is 1. The van der Waals surface area contributed by atoms with Crippen LogP contribution in [0.4, 0.5) is 17.1 Å². The van der Waals surface area contributed by atoms with Crippen molar-refractivity contribution in [2.45, 2.75) is 56.2 Å². The van der Waals surface area contributed by atoms with Crippen LogP contribution < -0.4 is 19.7 Å².